The lowest BCUT2D eigenvalue weighted by molar-refractivity contribution is -0.384. The predicted molar refractivity (Wildman–Crippen MR) is 105 cm³/mol. The van der Waals surface area contributed by atoms with Crippen molar-refractivity contribution in [2.45, 2.75) is 16.3 Å². The molecule has 0 saturated heterocycles. The molecule has 2 aromatic rings. The zero-order chi connectivity index (χ0) is 21.7. The van der Waals surface area contributed by atoms with Crippen molar-refractivity contribution >= 4 is 31.4 Å². The SMILES string of the molecule is COCCNS(=O)(=O)c1ccc(CNc2ccc(S(N)(=O)=O)cc2[N+](=O)[O-])cc1. The summed E-state index contributed by atoms with van der Waals surface area (Å²) in [4.78, 5) is 10.2. The van der Waals surface area contributed by atoms with Crippen LogP contribution in [0, 0.1) is 10.1 Å². The Morgan fingerprint density at radius 3 is 2.24 bits per heavy atom. The molecule has 0 aliphatic heterocycles. The van der Waals surface area contributed by atoms with E-state index in [1.54, 1.807) is 12.1 Å². The van der Waals surface area contributed by atoms with Gasteiger partial charge in [0, 0.05) is 26.3 Å². The molecule has 0 bridgehead atoms. The number of hydrogen-bond acceptors (Lipinski definition) is 8. The summed E-state index contributed by atoms with van der Waals surface area (Å²) in [6.07, 6.45) is 0. The number of nitro groups is 1. The fourth-order valence-corrected chi connectivity index (χ4v) is 3.88. The molecular formula is C16H20N4O7S2. The van der Waals surface area contributed by atoms with Crippen molar-refractivity contribution in [1.82, 2.24) is 4.72 Å². The normalized spacial score (nSPS) is 11.9. The first-order chi connectivity index (χ1) is 13.5. The highest BCUT2D eigenvalue weighted by Crippen LogP contribution is 2.27. The summed E-state index contributed by atoms with van der Waals surface area (Å²) in [7, 11) is -6.27. The van der Waals surface area contributed by atoms with Crippen molar-refractivity contribution in [3.05, 3.63) is 58.1 Å². The first-order valence-electron chi connectivity index (χ1n) is 8.17. The molecule has 0 aliphatic carbocycles. The van der Waals surface area contributed by atoms with Crippen molar-refractivity contribution in [2.24, 2.45) is 5.14 Å². The summed E-state index contributed by atoms with van der Waals surface area (Å²) in [5.74, 6) is 0. The zero-order valence-electron chi connectivity index (χ0n) is 15.4. The van der Waals surface area contributed by atoms with E-state index in [4.69, 9.17) is 9.88 Å². The van der Waals surface area contributed by atoms with E-state index < -0.39 is 30.7 Å². The van der Waals surface area contributed by atoms with Crippen molar-refractivity contribution in [3.63, 3.8) is 0 Å². The van der Waals surface area contributed by atoms with E-state index in [-0.39, 0.29) is 35.2 Å². The second-order valence-corrected chi connectivity index (χ2v) is 9.20. The van der Waals surface area contributed by atoms with Gasteiger partial charge in [0.05, 0.1) is 21.3 Å². The summed E-state index contributed by atoms with van der Waals surface area (Å²) in [5, 5.41) is 19.0. The van der Waals surface area contributed by atoms with Crippen molar-refractivity contribution in [2.75, 3.05) is 25.6 Å². The molecule has 0 heterocycles. The van der Waals surface area contributed by atoms with Crippen LogP contribution in [0.3, 0.4) is 0 Å². The Labute approximate surface area is 168 Å². The van der Waals surface area contributed by atoms with Gasteiger partial charge in [0.1, 0.15) is 5.69 Å². The van der Waals surface area contributed by atoms with Crippen molar-refractivity contribution in [1.29, 1.82) is 0 Å². The van der Waals surface area contributed by atoms with Crippen molar-refractivity contribution in [3.8, 4) is 0 Å². The van der Waals surface area contributed by atoms with Gasteiger partial charge in [0.2, 0.25) is 20.0 Å². The number of nitrogens with zero attached hydrogens (tertiary/aromatic N) is 1. The van der Waals surface area contributed by atoms with Gasteiger partial charge in [-0.15, -0.1) is 0 Å². The van der Waals surface area contributed by atoms with Crippen LogP contribution in [0.4, 0.5) is 11.4 Å². The molecule has 0 unspecified atom stereocenters. The smallest absolute Gasteiger partial charge is 0.293 e. The number of primary sulfonamides is 1. The molecule has 158 valence electrons. The lowest BCUT2D eigenvalue weighted by Gasteiger charge is -2.10. The minimum Gasteiger partial charge on any atom is -0.383 e. The molecule has 0 aromatic heterocycles. The van der Waals surface area contributed by atoms with Crippen LogP contribution in [0.1, 0.15) is 5.56 Å². The molecule has 2 aromatic carbocycles. The molecule has 0 radical (unpaired) electrons. The number of nitrogens with two attached hydrogens (primary N) is 1. The molecule has 13 heteroatoms. The van der Waals surface area contributed by atoms with Crippen LogP contribution in [0.25, 0.3) is 0 Å². The van der Waals surface area contributed by atoms with Gasteiger partial charge in [-0.05, 0) is 29.8 Å². The largest absolute Gasteiger partial charge is 0.383 e. The number of nitro benzene ring substituents is 1. The molecule has 0 aliphatic rings. The molecule has 0 amide bonds. The molecule has 0 fully saturated rings. The van der Waals surface area contributed by atoms with Crippen LogP contribution in [0.5, 0.6) is 0 Å². The van der Waals surface area contributed by atoms with Crippen LogP contribution in [0.15, 0.2) is 52.3 Å². The summed E-state index contributed by atoms with van der Waals surface area (Å²) in [6.45, 7) is 0.525. The minimum atomic E-state index is -4.07. The first kappa shape index (κ1) is 22.7. The van der Waals surface area contributed by atoms with Crippen LogP contribution in [0.2, 0.25) is 0 Å². The van der Waals surface area contributed by atoms with Crippen LogP contribution in [-0.2, 0) is 31.3 Å². The van der Waals surface area contributed by atoms with E-state index in [0.717, 1.165) is 12.1 Å². The molecular weight excluding hydrogens is 424 g/mol. The Morgan fingerprint density at radius 2 is 1.69 bits per heavy atom. The number of hydrogen-bond donors (Lipinski definition) is 3. The molecule has 0 spiro atoms. The van der Waals surface area contributed by atoms with Crippen molar-refractivity contribution < 1.29 is 26.5 Å². The average molecular weight is 444 g/mol. The maximum Gasteiger partial charge on any atom is 0.293 e. The maximum absolute atomic E-state index is 12.1. The van der Waals surface area contributed by atoms with Gasteiger partial charge in [0.25, 0.3) is 5.69 Å². The predicted octanol–water partition coefficient (Wildman–Crippen LogP) is 0.779. The second kappa shape index (κ2) is 9.28. The third-order valence-electron chi connectivity index (χ3n) is 3.81. The van der Waals surface area contributed by atoms with Crippen LogP contribution < -0.4 is 15.2 Å². The zero-order valence-corrected chi connectivity index (χ0v) is 17.0. The van der Waals surface area contributed by atoms with Gasteiger partial charge in [-0.2, -0.15) is 0 Å². The summed E-state index contributed by atoms with van der Waals surface area (Å²) < 4.78 is 54.1. The lowest BCUT2D eigenvalue weighted by Crippen LogP contribution is -2.27. The second-order valence-electron chi connectivity index (χ2n) is 5.87. The van der Waals surface area contributed by atoms with E-state index in [1.165, 1.54) is 25.3 Å². The number of methoxy groups -OCH3 is 1. The number of nitrogens with one attached hydrogen (secondary N) is 2. The highest BCUT2D eigenvalue weighted by Gasteiger charge is 2.19. The van der Waals surface area contributed by atoms with E-state index in [9.17, 15) is 26.9 Å². The number of rotatable bonds is 10. The quantitative estimate of drug-likeness (QED) is 0.274. The molecule has 4 N–H and O–H groups in total. The fraction of sp³-hybridized carbons (Fsp3) is 0.250. The Balaban J connectivity index is 2.13. The lowest BCUT2D eigenvalue weighted by atomic mass is 10.2. The molecule has 2 rings (SSSR count). The number of sulfonamides is 2. The van der Waals surface area contributed by atoms with E-state index >= 15 is 0 Å². The average Bonchev–Trinajstić information content (AvgIpc) is 2.66. The Bertz CT molecular complexity index is 1080. The standard InChI is InChI=1S/C16H20N4O7S2/c1-27-9-8-19-29(25,26)13-4-2-12(3-5-13)11-18-15-7-6-14(28(17,23)24)10-16(15)20(21)22/h2-7,10,18-19H,8-9,11H2,1H3,(H2,17,23,24). The van der Waals surface area contributed by atoms with Gasteiger partial charge in [-0.3, -0.25) is 10.1 Å². The monoisotopic (exact) mass is 444 g/mol. The van der Waals surface area contributed by atoms with Gasteiger partial charge < -0.3 is 10.1 Å². The van der Waals surface area contributed by atoms with E-state index in [2.05, 4.69) is 10.0 Å². The van der Waals surface area contributed by atoms with E-state index in [1.807, 2.05) is 0 Å². The Hall–Kier alpha value is -2.58. The van der Waals surface area contributed by atoms with Gasteiger partial charge in [0.15, 0.2) is 0 Å². The molecule has 11 nitrogen and oxygen atoms in total. The third-order valence-corrected chi connectivity index (χ3v) is 6.20. The Morgan fingerprint density at radius 1 is 1.07 bits per heavy atom. The van der Waals surface area contributed by atoms with Gasteiger partial charge >= 0.3 is 0 Å². The molecule has 29 heavy (non-hydrogen) atoms. The first-order valence-corrected chi connectivity index (χ1v) is 11.2. The summed E-state index contributed by atoms with van der Waals surface area (Å²) in [6, 6.07) is 9.21. The minimum absolute atomic E-state index is 0.0702. The highest BCUT2D eigenvalue weighted by atomic mass is 32.2. The van der Waals surface area contributed by atoms with Crippen LogP contribution in [-0.4, -0.2) is 42.0 Å². The van der Waals surface area contributed by atoms with Gasteiger partial charge in [-0.1, -0.05) is 12.1 Å². The highest BCUT2D eigenvalue weighted by molar-refractivity contribution is 7.89. The number of ether oxygens (including phenoxy) is 1. The van der Waals surface area contributed by atoms with Gasteiger partial charge in [-0.25, -0.2) is 26.7 Å². The number of anilines is 1. The topological polar surface area (TPSA) is 171 Å². The molecule has 0 atom stereocenters. The summed E-state index contributed by atoms with van der Waals surface area (Å²) in [5.41, 5.74) is 0.309. The number of benzene rings is 2. The van der Waals surface area contributed by atoms with E-state index in [0.29, 0.717) is 5.56 Å². The Kier molecular flexibility index (Phi) is 7.26. The fourth-order valence-electron chi connectivity index (χ4n) is 2.33. The maximum atomic E-state index is 12.1. The molecule has 0 saturated carbocycles. The third kappa shape index (κ3) is 6.20. The van der Waals surface area contributed by atoms with Crippen LogP contribution >= 0.6 is 0 Å². The summed E-state index contributed by atoms with van der Waals surface area (Å²) >= 11 is 0.